The highest BCUT2D eigenvalue weighted by molar-refractivity contribution is 6.31. The lowest BCUT2D eigenvalue weighted by Gasteiger charge is -2.26. The third kappa shape index (κ3) is 3.47. The molecule has 0 bridgehead atoms. The predicted octanol–water partition coefficient (Wildman–Crippen LogP) is 4.14. The first-order chi connectivity index (χ1) is 8.15. The molecule has 2 unspecified atom stereocenters. The van der Waals surface area contributed by atoms with Gasteiger partial charge in [0.15, 0.2) is 5.15 Å². The van der Waals surface area contributed by atoms with Gasteiger partial charge in [-0.1, -0.05) is 30.2 Å². The van der Waals surface area contributed by atoms with Crippen molar-refractivity contribution in [2.24, 2.45) is 11.8 Å². The molecule has 1 aromatic rings. The van der Waals surface area contributed by atoms with Crippen LogP contribution >= 0.6 is 11.6 Å². The fourth-order valence-corrected chi connectivity index (χ4v) is 2.80. The number of nitrogens with zero attached hydrogens (tertiary/aromatic N) is 1. The molecular formula is C14H19ClN2. The average Bonchev–Trinajstić information content (AvgIpc) is 2.27. The van der Waals surface area contributed by atoms with Gasteiger partial charge in [0.25, 0.3) is 0 Å². The van der Waals surface area contributed by atoms with E-state index in [1.807, 2.05) is 12.1 Å². The van der Waals surface area contributed by atoms with Crippen LogP contribution in [-0.4, -0.2) is 11.5 Å². The molecule has 0 spiro atoms. The molecule has 2 atom stereocenters. The molecule has 0 saturated heterocycles. The lowest BCUT2D eigenvalue weighted by molar-refractivity contribution is 0.421. The van der Waals surface area contributed by atoms with Gasteiger partial charge in [-0.05, 0) is 43.7 Å². The Labute approximate surface area is 108 Å². The molecule has 1 N–H and O–H groups in total. The van der Waals surface area contributed by atoms with Gasteiger partial charge in [-0.2, -0.15) is 0 Å². The zero-order valence-corrected chi connectivity index (χ0v) is 11.2. The summed E-state index contributed by atoms with van der Waals surface area (Å²) in [6.45, 7) is 5.48. The molecule has 0 aliphatic heterocycles. The largest absolute Gasteiger partial charge is 0.382 e. The Bertz CT molecular complexity index is 414. The van der Waals surface area contributed by atoms with Crippen molar-refractivity contribution < 1.29 is 0 Å². The van der Waals surface area contributed by atoms with Gasteiger partial charge in [0.1, 0.15) is 0 Å². The Kier molecular flexibility index (Phi) is 4.06. The van der Waals surface area contributed by atoms with E-state index in [9.17, 15) is 0 Å². The van der Waals surface area contributed by atoms with E-state index in [-0.39, 0.29) is 0 Å². The first-order valence-corrected chi connectivity index (χ1v) is 6.54. The molecule has 3 heteroatoms. The Morgan fingerprint density at radius 3 is 3.06 bits per heavy atom. The predicted molar refractivity (Wildman–Crippen MR) is 73.4 cm³/mol. The van der Waals surface area contributed by atoms with Crippen molar-refractivity contribution in [1.82, 2.24) is 4.98 Å². The number of rotatable bonds is 3. The SMILES string of the molecule is CC1=CC(C)CC(CNc2cccnc2Cl)C1. The van der Waals surface area contributed by atoms with Crippen molar-refractivity contribution >= 4 is 17.3 Å². The number of anilines is 1. The summed E-state index contributed by atoms with van der Waals surface area (Å²) in [5.41, 5.74) is 2.45. The van der Waals surface area contributed by atoms with Crippen LogP contribution in [0.5, 0.6) is 0 Å². The molecule has 92 valence electrons. The minimum atomic E-state index is 0.559. The van der Waals surface area contributed by atoms with Gasteiger partial charge >= 0.3 is 0 Å². The Morgan fingerprint density at radius 1 is 1.53 bits per heavy atom. The number of nitrogens with one attached hydrogen (secondary N) is 1. The van der Waals surface area contributed by atoms with Gasteiger partial charge < -0.3 is 5.32 Å². The summed E-state index contributed by atoms with van der Waals surface area (Å²) in [5.74, 6) is 1.39. The molecule has 1 aromatic heterocycles. The second-order valence-electron chi connectivity index (χ2n) is 5.02. The van der Waals surface area contributed by atoms with E-state index >= 15 is 0 Å². The van der Waals surface area contributed by atoms with Crippen molar-refractivity contribution in [3.8, 4) is 0 Å². The zero-order valence-electron chi connectivity index (χ0n) is 10.4. The van der Waals surface area contributed by atoms with E-state index in [0.717, 1.165) is 12.2 Å². The average molecular weight is 251 g/mol. The molecular weight excluding hydrogens is 232 g/mol. The van der Waals surface area contributed by atoms with E-state index in [1.165, 1.54) is 18.4 Å². The number of halogens is 1. The van der Waals surface area contributed by atoms with Gasteiger partial charge in [-0.15, -0.1) is 0 Å². The Hall–Kier alpha value is -1.02. The molecule has 0 amide bonds. The second kappa shape index (κ2) is 5.54. The minimum absolute atomic E-state index is 0.559. The quantitative estimate of drug-likeness (QED) is 0.644. The van der Waals surface area contributed by atoms with Gasteiger partial charge in [0.2, 0.25) is 0 Å². The first kappa shape index (κ1) is 12.4. The molecule has 2 nitrogen and oxygen atoms in total. The summed E-state index contributed by atoms with van der Waals surface area (Å²) in [6, 6.07) is 3.88. The number of aromatic nitrogens is 1. The molecule has 0 saturated carbocycles. The van der Waals surface area contributed by atoms with Gasteiger partial charge in [0.05, 0.1) is 5.69 Å². The van der Waals surface area contributed by atoms with Crippen LogP contribution in [0.25, 0.3) is 0 Å². The molecule has 1 aliphatic rings. The van der Waals surface area contributed by atoms with Crippen LogP contribution < -0.4 is 5.32 Å². The fourth-order valence-electron chi connectivity index (χ4n) is 2.61. The number of pyridine rings is 1. The van der Waals surface area contributed by atoms with Crippen LogP contribution in [0.2, 0.25) is 5.15 Å². The second-order valence-corrected chi connectivity index (χ2v) is 5.38. The van der Waals surface area contributed by atoms with Crippen molar-refractivity contribution in [1.29, 1.82) is 0 Å². The Balaban J connectivity index is 1.91. The van der Waals surface area contributed by atoms with Crippen LogP contribution in [-0.2, 0) is 0 Å². The van der Waals surface area contributed by atoms with E-state index in [0.29, 0.717) is 17.0 Å². The highest BCUT2D eigenvalue weighted by Gasteiger charge is 2.17. The topological polar surface area (TPSA) is 24.9 Å². The third-order valence-corrected chi connectivity index (χ3v) is 3.53. The summed E-state index contributed by atoms with van der Waals surface area (Å²) in [6.07, 6.45) is 6.54. The maximum absolute atomic E-state index is 6.01. The summed E-state index contributed by atoms with van der Waals surface area (Å²) in [7, 11) is 0. The van der Waals surface area contributed by atoms with E-state index in [4.69, 9.17) is 11.6 Å². The highest BCUT2D eigenvalue weighted by Crippen LogP contribution is 2.28. The van der Waals surface area contributed by atoms with E-state index in [2.05, 4.69) is 30.2 Å². The maximum atomic E-state index is 6.01. The van der Waals surface area contributed by atoms with Gasteiger partial charge in [0, 0.05) is 12.7 Å². The third-order valence-electron chi connectivity index (χ3n) is 3.23. The zero-order chi connectivity index (χ0) is 12.3. The summed E-state index contributed by atoms with van der Waals surface area (Å²) >= 11 is 6.01. The molecule has 0 aromatic carbocycles. The van der Waals surface area contributed by atoms with Crippen LogP contribution in [0.1, 0.15) is 26.7 Å². The normalized spacial score (nSPS) is 24.3. The highest BCUT2D eigenvalue weighted by atomic mass is 35.5. The lowest BCUT2D eigenvalue weighted by Crippen LogP contribution is -2.20. The smallest absolute Gasteiger partial charge is 0.152 e. The van der Waals surface area contributed by atoms with Crippen molar-refractivity contribution in [3.05, 3.63) is 35.1 Å². The van der Waals surface area contributed by atoms with Gasteiger partial charge in [-0.3, -0.25) is 0 Å². The molecule has 17 heavy (non-hydrogen) atoms. The molecule has 0 fully saturated rings. The van der Waals surface area contributed by atoms with Crippen molar-refractivity contribution in [2.75, 3.05) is 11.9 Å². The van der Waals surface area contributed by atoms with Gasteiger partial charge in [-0.25, -0.2) is 4.98 Å². The van der Waals surface area contributed by atoms with E-state index < -0.39 is 0 Å². The Morgan fingerprint density at radius 2 is 2.35 bits per heavy atom. The monoisotopic (exact) mass is 250 g/mol. The molecule has 1 aliphatic carbocycles. The summed E-state index contributed by atoms with van der Waals surface area (Å²) in [5, 5.41) is 3.96. The van der Waals surface area contributed by atoms with Crippen LogP contribution in [0.3, 0.4) is 0 Å². The maximum Gasteiger partial charge on any atom is 0.152 e. The standard InChI is InChI=1S/C14H19ClN2/c1-10-6-11(2)8-12(7-10)9-17-13-4-3-5-16-14(13)15/h3-6,10,12,17H,7-9H2,1-2H3. The van der Waals surface area contributed by atoms with Crippen molar-refractivity contribution in [2.45, 2.75) is 26.7 Å². The fraction of sp³-hybridized carbons (Fsp3) is 0.500. The minimum Gasteiger partial charge on any atom is -0.382 e. The van der Waals surface area contributed by atoms with Crippen LogP contribution in [0, 0.1) is 11.8 Å². The molecule has 0 radical (unpaired) electrons. The van der Waals surface area contributed by atoms with Crippen LogP contribution in [0.4, 0.5) is 5.69 Å². The number of hydrogen-bond donors (Lipinski definition) is 1. The van der Waals surface area contributed by atoms with E-state index in [1.54, 1.807) is 6.20 Å². The summed E-state index contributed by atoms with van der Waals surface area (Å²) < 4.78 is 0. The molecule has 1 heterocycles. The summed E-state index contributed by atoms with van der Waals surface area (Å²) in [4.78, 5) is 4.06. The van der Waals surface area contributed by atoms with Crippen molar-refractivity contribution in [3.63, 3.8) is 0 Å². The molecule has 2 rings (SSSR count). The lowest BCUT2D eigenvalue weighted by atomic mass is 9.84. The van der Waals surface area contributed by atoms with Crippen LogP contribution in [0.15, 0.2) is 30.0 Å². The number of allylic oxidation sites excluding steroid dienone is 2. The first-order valence-electron chi connectivity index (χ1n) is 6.17. The number of hydrogen-bond acceptors (Lipinski definition) is 2.